The number of aryl methyl sites for hydroxylation is 1. The summed E-state index contributed by atoms with van der Waals surface area (Å²) in [6.45, 7) is 4.21. The molecule has 2 heteroatoms. The van der Waals surface area contributed by atoms with Gasteiger partial charge in [-0.15, -0.1) is 0 Å². The van der Waals surface area contributed by atoms with Crippen LogP contribution in [0.25, 0.3) is 12.2 Å². The Morgan fingerprint density at radius 1 is 0.821 bits per heavy atom. The van der Waals surface area contributed by atoms with E-state index in [9.17, 15) is 8.78 Å². The first-order valence-corrected chi connectivity index (χ1v) is 9.86. The molecule has 0 spiro atoms. The highest BCUT2D eigenvalue weighted by Gasteiger charge is 2.12. The van der Waals surface area contributed by atoms with E-state index >= 15 is 0 Å². The molecule has 0 bridgehead atoms. The number of halogens is 2. The molecule has 0 fully saturated rings. The molecule has 0 aliphatic heterocycles. The maximum absolute atomic E-state index is 14.5. The highest BCUT2D eigenvalue weighted by Crippen LogP contribution is 2.24. The lowest BCUT2D eigenvalue weighted by molar-refractivity contribution is 0.573. The first kappa shape index (κ1) is 20.0. The lowest BCUT2D eigenvalue weighted by Crippen LogP contribution is -2.01. The summed E-state index contributed by atoms with van der Waals surface area (Å²) in [4.78, 5) is 0. The van der Waals surface area contributed by atoms with Crippen LogP contribution in [0.1, 0.15) is 54.0 Å². The van der Waals surface area contributed by atoms with Gasteiger partial charge in [0, 0.05) is 5.56 Å². The number of rotatable bonds is 7. The van der Waals surface area contributed by atoms with Crippen LogP contribution in [-0.4, -0.2) is 0 Å². The first-order valence-electron chi connectivity index (χ1n) is 9.86. The van der Waals surface area contributed by atoms with Gasteiger partial charge in [0.05, 0.1) is 0 Å². The third kappa shape index (κ3) is 5.16. The van der Waals surface area contributed by atoms with Crippen molar-refractivity contribution < 1.29 is 8.78 Å². The van der Waals surface area contributed by atoms with Crippen molar-refractivity contribution in [2.45, 2.75) is 39.0 Å². The van der Waals surface area contributed by atoms with Crippen LogP contribution >= 0.6 is 0 Å². The van der Waals surface area contributed by atoms with Crippen LogP contribution < -0.4 is 0 Å². The maximum Gasteiger partial charge on any atom is 0.133 e. The normalized spacial score (nSPS) is 12.4. The molecule has 0 nitrogen and oxygen atoms in total. The van der Waals surface area contributed by atoms with Gasteiger partial charge in [0.1, 0.15) is 11.6 Å². The fourth-order valence-electron chi connectivity index (χ4n) is 3.43. The van der Waals surface area contributed by atoms with Crippen LogP contribution in [0.15, 0.2) is 66.7 Å². The van der Waals surface area contributed by atoms with Crippen molar-refractivity contribution in [2.75, 3.05) is 0 Å². The summed E-state index contributed by atoms with van der Waals surface area (Å²) >= 11 is 0. The average Bonchev–Trinajstić information content (AvgIpc) is 2.69. The molecule has 3 rings (SSSR count). The Kier molecular flexibility index (Phi) is 6.76. The van der Waals surface area contributed by atoms with E-state index in [2.05, 4.69) is 26.0 Å². The van der Waals surface area contributed by atoms with Gasteiger partial charge < -0.3 is 0 Å². The molecule has 0 saturated carbocycles. The zero-order valence-electron chi connectivity index (χ0n) is 16.5. The third-order valence-corrected chi connectivity index (χ3v) is 5.01. The van der Waals surface area contributed by atoms with Crippen molar-refractivity contribution in [3.63, 3.8) is 0 Å². The Labute approximate surface area is 166 Å². The van der Waals surface area contributed by atoms with Crippen molar-refractivity contribution in [1.29, 1.82) is 0 Å². The Hall–Kier alpha value is -2.74. The molecule has 0 aliphatic rings. The second kappa shape index (κ2) is 9.45. The van der Waals surface area contributed by atoms with Gasteiger partial charge in [-0.1, -0.05) is 80.9 Å². The zero-order valence-corrected chi connectivity index (χ0v) is 16.5. The molecular formula is C26H26F2. The highest BCUT2D eigenvalue weighted by molar-refractivity contribution is 5.70. The van der Waals surface area contributed by atoms with E-state index in [0.717, 1.165) is 18.4 Å². The minimum Gasteiger partial charge on any atom is -0.206 e. The minimum atomic E-state index is -0.519. The molecular weight excluding hydrogens is 350 g/mol. The maximum atomic E-state index is 14.5. The first-order chi connectivity index (χ1) is 13.6. The fourth-order valence-corrected chi connectivity index (χ4v) is 3.43. The molecule has 0 heterocycles. The molecule has 0 radical (unpaired) electrons. The van der Waals surface area contributed by atoms with Crippen LogP contribution in [0.4, 0.5) is 8.78 Å². The van der Waals surface area contributed by atoms with E-state index in [1.54, 1.807) is 6.08 Å². The van der Waals surface area contributed by atoms with Crippen LogP contribution in [0, 0.1) is 11.6 Å². The van der Waals surface area contributed by atoms with Crippen molar-refractivity contribution in [2.24, 2.45) is 0 Å². The predicted molar refractivity (Wildman–Crippen MR) is 114 cm³/mol. The van der Waals surface area contributed by atoms with E-state index in [1.807, 2.05) is 42.5 Å². The molecule has 0 saturated heterocycles. The van der Waals surface area contributed by atoms with Gasteiger partial charge in [0.2, 0.25) is 0 Å². The van der Waals surface area contributed by atoms with Crippen LogP contribution in [0.5, 0.6) is 0 Å². The molecule has 0 aliphatic carbocycles. The second-order valence-corrected chi connectivity index (χ2v) is 7.31. The predicted octanol–water partition coefficient (Wildman–Crippen LogP) is 7.43. The summed E-state index contributed by atoms with van der Waals surface area (Å²) in [6, 6.07) is 21.0. The molecule has 28 heavy (non-hydrogen) atoms. The number of benzene rings is 3. The second-order valence-electron chi connectivity index (χ2n) is 7.31. The largest absolute Gasteiger partial charge is 0.206 e. The fraction of sp³-hybridized carbons (Fsp3) is 0.231. The molecule has 0 amide bonds. The summed E-state index contributed by atoms with van der Waals surface area (Å²) in [6.07, 6.45) is 6.01. The smallest absolute Gasteiger partial charge is 0.133 e. The standard InChI is InChI=1S/C26H26F2/c1-3-7-20-10-12-21(13-11-20)14-15-24-25(27)17-22(18-26(24)28)16-19(2)23-8-5-4-6-9-23/h4-6,8-15,17-19H,3,7,16H2,1-2H3/t19-/m1/s1. The Bertz CT molecular complexity index is 901. The molecule has 3 aromatic rings. The van der Waals surface area contributed by atoms with Crippen LogP contribution in [0.2, 0.25) is 0 Å². The van der Waals surface area contributed by atoms with Gasteiger partial charge in [-0.3, -0.25) is 0 Å². The summed E-state index contributed by atoms with van der Waals surface area (Å²) in [7, 11) is 0. The summed E-state index contributed by atoms with van der Waals surface area (Å²) in [5.41, 5.74) is 4.05. The molecule has 3 aromatic carbocycles. The van der Waals surface area contributed by atoms with Crippen LogP contribution in [-0.2, 0) is 12.8 Å². The van der Waals surface area contributed by atoms with E-state index in [4.69, 9.17) is 0 Å². The number of hydrogen-bond donors (Lipinski definition) is 0. The number of hydrogen-bond acceptors (Lipinski definition) is 0. The SMILES string of the molecule is CCCc1ccc(C=Cc2c(F)cc(C[C@@H](C)c3ccccc3)cc2F)cc1. The zero-order chi connectivity index (χ0) is 19.9. The van der Waals surface area contributed by atoms with Gasteiger partial charge in [0.15, 0.2) is 0 Å². The third-order valence-electron chi connectivity index (χ3n) is 5.01. The molecule has 0 unspecified atom stereocenters. The quantitative estimate of drug-likeness (QED) is 0.376. The summed E-state index contributed by atoms with van der Waals surface area (Å²) < 4.78 is 29.1. The molecule has 1 atom stereocenters. The topological polar surface area (TPSA) is 0 Å². The Morgan fingerprint density at radius 3 is 2.07 bits per heavy atom. The van der Waals surface area contributed by atoms with Crippen molar-refractivity contribution in [3.8, 4) is 0 Å². The van der Waals surface area contributed by atoms with Crippen LogP contribution in [0.3, 0.4) is 0 Å². The van der Waals surface area contributed by atoms with Gasteiger partial charge in [-0.2, -0.15) is 0 Å². The van der Waals surface area contributed by atoms with Crippen molar-refractivity contribution >= 4 is 12.2 Å². The van der Waals surface area contributed by atoms with Gasteiger partial charge in [-0.05, 0) is 59.2 Å². The summed E-state index contributed by atoms with van der Waals surface area (Å²) in [5, 5.41) is 0. The monoisotopic (exact) mass is 376 g/mol. The van der Waals surface area contributed by atoms with Crippen molar-refractivity contribution in [3.05, 3.63) is 106 Å². The van der Waals surface area contributed by atoms with Gasteiger partial charge in [0.25, 0.3) is 0 Å². The lowest BCUT2D eigenvalue weighted by atomic mass is 9.93. The van der Waals surface area contributed by atoms with E-state index in [1.165, 1.54) is 29.3 Å². The Morgan fingerprint density at radius 2 is 1.46 bits per heavy atom. The highest BCUT2D eigenvalue weighted by atomic mass is 19.1. The summed E-state index contributed by atoms with van der Waals surface area (Å²) in [5.74, 6) is -0.841. The van der Waals surface area contributed by atoms with Crippen molar-refractivity contribution in [1.82, 2.24) is 0 Å². The van der Waals surface area contributed by atoms with E-state index in [-0.39, 0.29) is 11.5 Å². The Balaban J connectivity index is 1.74. The minimum absolute atomic E-state index is 0.00810. The average molecular weight is 376 g/mol. The molecule has 144 valence electrons. The van der Waals surface area contributed by atoms with Gasteiger partial charge >= 0.3 is 0 Å². The van der Waals surface area contributed by atoms with Gasteiger partial charge in [-0.25, -0.2) is 8.78 Å². The lowest BCUT2D eigenvalue weighted by Gasteiger charge is -2.13. The molecule has 0 N–H and O–H groups in total. The van der Waals surface area contributed by atoms with E-state index in [0.29, 0.717) is 12.0 Å². The van der Waals surface area contributed by atoms with E-state index < -0.39 is 11.6 Å². The molecule has 0 aromatic heterocycles.